The normalized spacial score (nSPS) is 14.7. The Morgan fingerprint density at radius 1 is 1.07 bits per heavy atom. The minimum Gasteiger partial charge on any atom is -0.496 e. The molecule has 156 valence electrons. The molecule has 1 amide bonds. The summed E-state index contributed by atoms with van der Waals surface area (Å²) in [5, 5.41) is 3.01. The van der Waals surface area contributed by atoms with Gasteiger partial charge in [0.2, 0.25) is 0 Å². The van der Waals surface area contributed by atoms with Crippen molar-refractivity contribution in [3.8, 4) is 33.9 Å². The van der Waals surface area contributed by atoms with Crippen LogP contribution in [-0.4, -0.2) is 24.2 Å². The maximum Gasteiger partial charge on any atom is 0.412 e. The van der Waals surface area contributed by atoms with E-state index in [1.165, 1.54) is 12.8 Å². The number of benzene rings is 1. The average molecular weight is 406 g/mol. The van der Waals surface area contributed by atoms with Crippen molar-refractivity contribution in [1.82, 2.24) is 10.3 Å². The van der Waals surface area contributed by atoms with Crippen LogP contribution in [0.15, 0.2) is 59.5 Å². The number of hydrogen-bond donors (Lipinski definition) is 1. The van der Waals surface area contributed by atoms with E-state index in [0.717, 1.165) is 48.1 Å². The number of hydrogen-bond acceptors (Lipinski definition) is 5. The van der Waals surface area contributed by atoms with E-state index in [4.69, 9.17) is 13.9 Å². The van der Waals surface area contributed by atoms with E-state index in [9.17, 15) is 4.79 Å². The van der Waals surface area contributed by atoms with Gasteiger partial charge in [0, 0.05) is 35.1 Å². The molecular formula is C24H26N2O4. The number of carbonyl (C=O) groups excluding carboxylic acids is 1. The van der Waals surface area contributed by atoms with Crippen molar-refractivity contribution in [1.29, 1.82) is 0 Å². The fourth-order valence-electron chi connectivity index (χ4n) is 3.87. The molecule has 0 spiro atoms. The lowest BCUT2D eigenvalue weighted by molar-refractivity contribution is 0.194. The largest absolute Gasteiger partial charge is 0.496 e. The Balaban J connectivity index is 1.54. The molecule has 30 heavy (non-hydrogen) atoms. The van der Waals surface area contributed by atoms with Crippen LogP contribution in [0.3, 0.4) is 0 Å². The van der Waals surface area contributed by atoms with Gasteiger partial charge < -0.3 is 19.2 Å². The van der Waals surface area contributed by atoms with Gasteiger partial charge in [0.25, 0.3) is 0 Å². The third-order valence-corrected chi connectivity index (χ3v) is 5.41. The molecule has 1 saturated carbocycles. The molecule has 0 radical (unpaired) electrons. The quantitative estimate of drug-likeness (QED) is 0.540. The Hall–Kier alpha value is -3.28. The number of furan rings is 1. The first-order chi connectivity index (χ1) is 14.7. The minimum absolute atomic E-state index is 0.187. The molecule has 1 aliphatic rings. The maximum absolute atomic E-state index is 12.4. The summed E-state index contributed by atoms with van der Waals surface area (Å²) >= 11 is 0. The van der Waals surface area contributed by atoms with Crippen LogP contribution in [0.1, 0.15) is 38.5 Å². The van der Waals surface area contributed by atoms with Crippen LogP contribution >= 0.6 is 0 Å². The highest BCUT2D eigenvalue weighted by Gasteiger charge is 2.17. The van der Waals surface area contributed by atoms with Crippen molar-refractivity contribution in [2.24, 2.45) is 0 Å². The molecule has 1 N–H and O–H groups in total. The molecule has 6 nitrogen and oxygen atoms in total. The molecule has 6 heteroatoms. The average Bonchev–Trinajstić information content (AvgIpc) is 3.19. The summed E-state index contributed by atoms with van der Waals surface area (Å²) < 4.78 is 16.6. The van der Waals surface area contributed by atoms with Gasteiger partial charge in [-0.2, -0.15) is 0 Å². The van der Waals surface area contributed by atoms with Crippen molar-refractivity contribution >= 4 is 6.09 Å². The number of pyridine rings is 1. The molecular weight excluding hydrogens is 380 g/mol. The molecule has 0 atom stereocenters. The van der Waals surface area contributed by atoms with Crippen LogP contribution in [0.4, 0.5) is 4.79 Å². The minimum atomic E-state index is -0.416. The first-order valence-electron chi connectivity index (χ1n) is 10.4. The third kappa shape index (κ3) is 4.82. The molecule has 1 aliphatic carbocycles. The monoisotopic (exact) mass is 406 g/mol. The van der Waals surface area contributed by atoms with Crippen molar-refractivity contribution in [2.75, 3.05) is 7.11 Å². The van der Waals surface area contributed by atoms with Gasteiger partial charge in [0.15, 0.2) is 0 Å². The summed E-state index contributed by atoms with van der Waals surface area (Å²) in [6.07, 6.45) is 11.5. The van der Waals surface area contributed by atoms with Gasteiger partial charge in [-0.25, -0.2) is 4.79 Å². The zero-order valence-corrected chi connectivity index (χ0v) is 17.1. The first kappa shape index (κ1) is 20.0. The Morgan fingerprint density at radius 2 is 1.87 bits per heavy atom. The smallest absolute Gasteiger partial charge is 0.412 e. The summed E-state index contributed by atoms with van der Waals surface area (Å²) in [5.41, 5.74) is 2.49. The van der Waals surface area contributed by atoms with E-state index in [1.54, 1.807) is 44.0 Å². The van der Waals surface area contributed by atoms with E-state index >= 15 is 0 Å². The predicted octanol–water partition coefficient (Wildman–Crippen LogP) is 5.83. The van der Waals surface area contributed by atoms with E-state index < -0.39 is 6.09 Å². The summed E-state index contributed by atoms with van der Waals surface area (Å²) in [5.74, 6) is 1.86. The van der Waals surface area contributed by atoms with Crippen LogP contribution in [0.2, 0.25) is 0 Å². The summed E-state index contributed by atoms with van der Waals surface area (Å²) in [4.78, 5) is 16.7. The van der Waals surface area contributed by atoms with Crippen LogP contribution in [-0.2, 0) is 0 Å². The SMILES string of the molecule is COc1ccc(OC(=O)NC2CCCCCC2)cc1-c1cncc(-c2ccco2)c1. The second kappa shape index (κ2) is 9.48. The zero-order chi connectivity index (χ0) is 20.8. The van der Waals surface area contributed by atoms with Crippen LogP contribution in [0, 0.1) is 0 Å². The first-order valence-corrected chi connectivity index (χ1v) is 10.4. The highest BCUT2D eigenvalue weighted by Crippen LogP contribution is 2.35. The van der Waals surface area contributed by atoms with E-state index in [0.29, 0.717) is 11.5 Å². The summed E-state index contributed by atoms with van der Waals surface area (Å²) in [7, 11) is 1.61. The Labute approximate surface area is 176 Å². The highest BCUT2D eigenvalue weighted by atomic mass is 16.6. The van der Waals surface area contributed by atoms with E-state index in [2.05, 4.69) is 10.3 Å². The summed E-state index contributed by atoms with van der Waals surface area (Å²) in [6, 6.07) is 11.2. The number of ether oxygens (including phenoxy) is 2. The molecule has 0 unspecified atom stereocenters. The molecule has 4 rings (SSSR count). The zero-order valence-electron chi connectivity index (χ0n) is 17.1. The number of amides is 1. The second-order valence-corrected chi connectivity index (χ2v) is 7.52. The van der Waals surface area contributed by atoms with Crippen molar-refractivity contribution in [3.63, 3.8) is 0 Å². The second-order valence-electron chi connectivity index (χ2n) is 7.52. The molecule has 0 aliphatic heterocycles. The van der Waals surface area contributed by atoms with Gasteiger partial charge in [0.1, 0.15) is 17.3 Å². The molecule has 0 saturated heterocycles. The van der Waals surface area contributed by atoms with Crippen molar-refractivity contribution in [2.45, 2.75) is 44.6 Å². The number of rotatable bonds is 5. The van der Waals surface area contributed by atoms with E-state index in [-0.39, 0.29) is 6.04 Å². The molecule has 0 bridgehead atoms. The number of nitrogens with zero attached hydrogens (tertiary/aromatic N) is 1. The lowest BCUT2D eigenvalue weighted by Gasteiger charge is -2.16. The van der Waals surface area contributed by atoms with Crippen LogP contribution in [0.5, 0.6) is 11.5 Å². The lowest BCUT2D eigenvalue weighted by Crippen LogP contribution is -2.36. The molecule has 3 aromatic rings. The highest BCUT2D eigenvalue weighted by molar-refractivity contribution is 5.77. The predicted molar refractivity (Wildman–Crippen MR) is 115 cm³/mol. The Bertz CT molecular complexity index is 977. The number of carbonyl (C=O) groups is 1. The van der Waals surface area contributed by atoms with Gasteiger partial charge in [-0.15, -0.1) is 0 Å². The topological polar surface area (TPSA) is 73.6 Å². The van der Waals surface area contributed by atoms with Crippen molar-refractivity contribution < 1.29 is 18.7 Å². The van der Waals surface area contributed by atoms with Gasteiger partial charge in [0.05, 0.1) is 13.4 Å². The molecule has 2 heterocycles. The van der Waals surface area contributed by atoms with Gasteiger partial charge in [-0.3, -0.25) is 4.98 Å². The summed E-state index contributed by atoms with van der Waals surface area (Å²) in [6.45, 7) is 0. The number of nitrogens with one attached hydrogen (secondary N) is 1. The van der Waals surface area contributed by atoms with Gasteiger partial charge >= 0.3 is 6.09 Å². The van der Waals surface area contributed by atoms with Gasteiger partial charge in [-0.05, 0) is 49.2 Å². The standard InChI is InChI=1S/C24H26N2O4/c1-28-23-11-10-20(30-24(27)26-19-7-4-2-3-5-8-19)14-21(23)17-13-18(16-25-15-17)22-9-6-12-29-22/h6,9-16,19H,2-5,7-8H2,1H3,(H,26,27). The fourth-order valence-corrected chi connectivity index (χ4v) is 3.87. The lowest BCUT2D eigenvalue weighted by atomic mass is 10.0. The fraction of sp³-hybridized carbons (Fsp3) is 0.333. The van der Waals surface area contributed by atoms with Gasteiger partial charge in [-0.1, -0.05) is 25.7 Å². The van der Waals surface area contributed by atoms with Crippen LogP contribution in [0.25, 0.3) is 22.5 Å². The molecule has 1 fully saturated rings. The maximum atomic E-state index is 12.4. The van der Waals surface area contributed by atoms with Crippen LogP contribution < -0.4 is 14.8 Å². The Kier molecular flexibility index (Phi) is 6.32. The number of aromatic nitrogens is 1. The molecule has 2 aromatic heterocycles. The molecule has 1 aromatic carbocycles. The van der Waals surface area contributed by atoms with E-state index in [1.807, 2.05) is 18.2 Å². The number of methoxy groups -OCH3 is 1. The van der Waals surface area contributed by atoms with Crippen molar-refractivity contribution in [3.05, 3.63) is 55.1 Å². The third-order valence-electron chi connectivity index (χ3n) is 5.41. The Morgan fingerprint density at radius 3 is 2.60 bits per heavy atom.